The molecule has 0 radical (unpaired) electrons. The summed E-state index contributed by atoms with van der Waals surface area (Å²) in [5.74, 6) is 3.42. The van der Waals surface area contributed by atoms with Crippen LogP contribution in [0.4, 0.5) is 5.82 Å². The van der Waals surface area contributed by atoms with Gasteiger partial charge in [0.05, 0.1) is 6.04 Å². The molecule has 4 rings (SSSR count). The highest BCUT2D eigenvalue weighted by molar-refractivity contribution is 5.45. The average Bonchev–Trinajstić information content (AvgIpc) is 3.31. The average molecular weight is 295 g/mol. The molecule has 1 aliphatic carbocycles. The van der Waals surface area contributed by atoms with Crippen LogP contribution in [0.2, 0.25) is 0 Å². The molecule has 0 amide bonds. The fourth-order valence-electron chi connectivity index (χ4n) is 3.10. The molecule has 1 aromatic carbocycles. The van der Waals surface area contributed by atoms with Crippen LogP contribution >= 0.6 is 0 Å². The second kappa shape index (κ2) is 4.97. The van der Waals surface area contributed by atoms with E-state index in [1.165, 1.54) is 18.4 Å². The van der Waals surface area contributed by atoms with Crippen LogP contribution in [-0.4, -0.2) is 15.6 Å². The maximum atomic E-state index is 6.09. The van der Waals surface area contributed by atoms with E-state index in [1.54, 1.807) is 0 Å². The number of nitrogens with one attached hydrogen (secondary N) is 1. The summed E-state index contributed by atoms with van der Waals surface area (Å²) >= 11 is 0. The largest absolute Gasteiger partial charge is 0.487 e. The van der Waals surface area contributed by atoms with Gasteiger partial charge in [0, 0.05) is 24.1 Å². The maximum Gasteiger partial charge on any atom is 0.133 e. The van der Waals surface area contributed by atoms with E-state index in [0.717, 1.165) is 23.8 Å². The molecule has 1 aliphatic heterocycles. The minimum absolute atomic E-state index is 0.182. The van der Waals surface area contributed by atoms with E-state index in [2.05, 4.69) is 41.3 Å². The van der Waals surface area contributed by atoms with Gasteiger partial charge in [0.15, 0.2) is 0 Å². The van der Waals surface area contributed by atoms with E-state index >= 15 is 0 Å². The van der Waals surface area contributed by atoms with Gasteiger partial charge in [-0.3, -0.25) is 0 Å². The number of benzene rings is 1. The van der Waals surface area contributed by atoms with Crippen molar-refractivity contribution in [2.24, 2.45) is 0 Å². The minimum atomic E-state index is -0.182. The van der Waals surface area contributed by atoms with Gasteiger partial charge in [-0.2, -0.15) is 0 Å². The third-order valence-corrected chi connectivity index (χ3v) is 4.32. The molecule has 2 aliphatic rings. The Kier molecular flexibility index (Phi) is 3.06. The van der Waals surface area contributed by atoms with E-state index in [9.17, 15) is 0 Å². The predicted molar refractivity (Wildman–Crippen MR) is 86.1 cm³/mol. The Morgan fingerprint density at radius 3 is 2.82 bits per heavy atom. The SMILES string of the molecule is CC1(C)CC(Nc2ccnc(C3CC3)n2)c2ccccc2O1. The molecule has 1 N–H and O–H groups in total. The van der Waals surface area contributed by atoms with Crippen LogP contribution in [0.1, 0.15) is 56.5 Å². The number of fused-ring (bicyclic) bond motifs is 1. The van der Waals surface area contributed by atoms with E-state index in [4.69, 9.17) is 4.74 Å². The van der Waals surface area contributed by atoms with Crippen molar-refractivity contribution in [2.75, 3.05) is 5.32 Å². The first-order valence-corrected chi connectivity index (χ1v) is 7.98. The van der Waals surface area contributed by atoms with Gasteiger partial charge >= 0.3 is 0 Å². The van der Waals surface area contributed by atoms with Crippen molar-refractivity contribution >= 4 is 5.82 Å². The molecule has 1 aromatic heterocycles. The van der Waals surface area contributed by atoms with Crippen molar-refractivity contribution in [1.29, 1.82) is 0 Å². The highest BCUT2D eigenvalue weighted by Crippen LogP contribution is 2.41. The smallest absolute Gasteiger partial charge is 0.133 e. The van der Waals surface area contributed by atoms with Crippen molar-refractivity contribution in [3.8, 4) is 5.75 Å². The standard InChI is InChI=1S/C18H21N3O/c1-18(2)11-14(13-5-3-4-6-15(13)22-18)20-16-9-10-19-17(21-16)12-7-8-12/h3-6,9-10,12,14H,7-8,11H2,1-2H3,(H,19,20,21). The normalized spacial score (nSPS) is 22.5. The Balaban J connectivity index is 1.63. The Labute approximate surface area is 130 Å². The summed E-state index contributed by atoms with van der Waals surface area (Å²) in [4.78, 5) is 9.08. The molecule has 4 nitrogen and oxygen atoms in total. The van der Waals surface area contributed by atoms with Crippen LogP contribution in [0.25, 0.3) is 0 Å². The molecule has 0 spiro atoms. The fourth-order valence-corrected chi connectivity index (χ4v) is 3.10. The van der Waals surface area contributed by atoms with E-state index < -0.39 is 0 Å². The van der Waals surface area contributed by atoms with Gasteiger partial charge in [-0.1, -0.05) is 18.2 Å². The summed E-state index contributed by atoms with van der Waals surface area (Å²) in [6.45, 7) is 4.26. The van der Waals surface area contributed by atoms with Crippen LogP contribution in [-0.2, 0) is 0 Å². The Bertz CT molecular complexity index is 694. The Morgan fingerprint density at radius 1 is 1.18 bits per heavy atom. The van der Waals surface area contributed by atoms with Gasteiger partial charge in [-0.15, -0.1) is 0 Å². The molecule has 1 unspecified atom stereocenters. The molecule has 2 heterocycles. The van der Waals surface area contributed by atoms with Crippen LogP contribution in [0.15, 0.2) is 36.5 Å². The zero-order valence-corrected chi connectivity index (χ0v) is 13.0. The summed E-state index contributed by atoms with van der Waals surface area (Å²) in [6, 6.07) is 10.4. The fraction of sp³-hybridized carbons (Fsp3) is 0.444. The minimum Gasteiger partial charge on any atom is -0.487 e. The summed E-state index contributed by atoms with van der Waals surface area (Å²) in [5.41, 5.74) is 1.02. The second-order valence-corrected chi connectivity index (χ2v) is 6.87. The topological polar surface area (TPSA) is 47.0 Å². The van der Waals surface area contributed by atoms with Crippen molar-refractivity contribution in [2.45, 2.75) is 50.7 Å². The van der Waals surface area contributed by atoms with E-state index in [1.807, 2.05) is 24.4 Å². The first-order valence-electron chi connectivity index (χ1n) is 7.98. The summed E-state index contributed by atoms with van der Waals surface area (Å²) in [7, 11) is 0. The molecule has 1 atom stereocenters. The number of ether oxygens (including phenoxy) is 1. The van der Waals surface area contributed by atoms with Crippen molar-refractivity contribution < 1.29 is 4.74 Å². The zero-order valence-electron chi connectivity index (χ0n) is 13.0. The molecule has 1 fully saturated rings. The Morgan fingerprint density at radius 2 is 2.00 bits per heavy atom. The lowest BCUT2D eigenvalue weighted by atomic mass is 9.90. The molecular weight excluding hydrogens is 274 g/mol. The maximum absolute atomic E-state index is 6.09. The highest BCUT2D eigenvalue weighted by atomic mass is 16.5. The highest BCUT2D eigenvalue weighted by Gasteiger charge is 2.34. The lowest BCUT2D eigenvalue weighted by Gasteiger charge is -2.38. The molecule has 114 valence electrons. The van der Waals surface area contributed by atoms with Gasteiger partial charge in [0.1, 0.15) is 23.0 Å². The van der Waals surface area contributed by atoms with Crippen molar-refractivity contribution in [1.82, 2.24) is 9.97 Å². The van der Waals surface area contributed by atoms with Gasteiger partial charge in [-0.05, 0) is 38.8 Å². The third-order valence-electron chi connectivity index (χ3n) is 4.32. The van der Waals surface area contributed by atoms with Crippen molar-refractivity contribution in [3.05, 3.63) is 47.9 Å². The number of hydrogen-bond acceptors (Lipinski definition) is 4. The summed E-state index contributed by atoms with van der Waals surface area (Å²) < 4.78 is 6.09. The first kappa shape index (κ1) is 13.6. The number of nitrogens with zero attached hydrogens (tertiary/aromatic N) is 2. The van der Waals surface area contributed by atoms with Crippen LogP contribution < -0.4 is 10.1 Å². The summed E-state index contributed by atoms with van der Waals surface area (Å²) in [5, 5.41) is 3.58. The quantitative estimate of drug-likeness (QED) is 0.927. The molecular formula is C18H21N3O. The molecule has 0 saturated heterocycles. The summed E-state index contributed by atoms with van der Waals surface area (Å²) in [6.07, 6.45) is 5.21. The van der Waals surface area contributed by atoms with Gasteiger partial charge in [0.25, 0.3) is 0 Å². The predicted octanol–water partition coefficient (Wildman–Crippen LogP) is 4.07. The number of aromatic nitrogens is 2. The number of hydrogen-bond donors (Lipinski definition) is 1. The molecule has 0 bridgehead atoms. The van der Waals surface area contributed by atoms with Crippen LogP contribution in [0.3, 0.4) is 0 Å². The monoisotopic (exact) mass is 295 g/mol. The van der Waals surface area contributed by atoms with Gasteiger partial charge in [-0.25, -0.2) is 9.97 Å². The van der Waals surface area contributed by atoms with Gasteiger partial charge in [0.2, 0.25) is 0 Å². The lowest BCUT2D eigenvalue weighted by molar-refractivity contribution is 0.0758. The third kappa shape index (κ3) is 2.65. The van der Waals surface area contributed by atoms with E-state index in [-0.39, 0.29) is 11.6 Å². The number of anilines is 1. The number of rotatable bonds is 3. The van der Waals surface area contributed by atoms with Crippen LogP contribution in [0.5, 0.6) is 5.75 Å². The molecule has 4 heteroatoms. The second-order valence-electron chi connectivity index (χ2n) is 6.87. The van der Waals surface area contributed by atoms with Crippen LogP contribution in [0, 0.1) is 0 Å². The van der Waals surface area contributed by atoms with Crippen molar-refractivity contribution in [3.63, 3.8) is 0 Å². The lowest BCUT2D eigenvalue weighted by Crippen LogP contribution is -2.37. The molecule has 2 aromatic rings. The molecule has 1 saturated carbocycles. The zero-order chi connectivity index (χ0) is 15.2. The van der Waals surface area contributed by atoms with Gasteiger partial charge < -0.3 is 10.1 Å². The van der Waals surface area contributed by atoms with E-state index in [0.29, 0.717) is 5.92 Å². The first-order chi connectivity index (χ1) is 10.6. The molecule has 22 heavy (non-hydrogen) atoms. The number of para-hydroxylation sites is 1. The Hall–Kier alpha value is -2.10.